The maximum atomic E-state index is 14.9. The van der Waals surface area contributed by atoms with Crippen molar-refractivity contribution >= 4 is 62.2 Å². The molecule has 0 aliphatic heterocycles. The summed E-state index contributed by atoms with van der Waals surface area (Å²) < 4.78 is 72.5. The molecular formula is C29H28F4IN6O7S-. The van der Waals surface area contributed by atoms with E-state index in [1.807, 2.05) is 34.7 Å². The molecule has 19 heteroatoms. The van der Waals surface area contributed by atoms with Crippen LogP contribution < -0.4 is 32.4 Å². The highest BCUT2D eigenvalue weighted by atomic mass is 127. The van der Waals surface area contributed by atoms with E-state index in [-0.39, 0.29) is 34.0 Å². The minimum atomic E-state index is -5.08. The van der Waals surface area contributed by atoms with Crippen molar-refractivity contribution < 1.29 is 36.2 Å². The maximum absolute atomic E-state index is 14.9. The van der Waals surface area contributed by atoms with Gasteiger partial charge in [-0.25, -0.2) is 19.4 Å². The van der Waals surface area contributed by atoms with Gasteiger partial charge in [-0.2, -0.15) is 18.0 Å². The van der Waals surface area contributed by atoms with Gasteiger partial charge in [0.25, 0.3) is 11.1 Å². The molecule has 0 spiro atoms. The first-order chi connectivity index (χ1) is 22.5. The predicted molar refractivity (Wildman–Crippen MR) is 177 cm³/mol. The number of aryl methyl sites for hydroxylation is 2. The Morgan fingerprint density at radius 2 is 1.79 bits per heavy atom. The minimum absolute atomic E-state index is 0.0894. The number of alkyl halides is 3. The summed E-state index contributed by atoms with van der Waals surface area (Å²) in [5.41, 5.74) is 2.87. The monoisotopic (exact) mass is 807 g/mol. The van der Waals surface area contributed by atoms with E-state index in [9.17, 15) is 40.7 Å². The van der Waals surface area contributed by atoms with Gasteiger partial charge in [0.05, 0.1) is 16.9 Å². The van der Waals surface area contributed by atoms with Gasteiger partial charge < -0.3 is 15.0 Å². The second-order valence-corrected chi connectivity index (χ2v) is 12.6. The summed E-state index contributed by atoms with van der Waals surface area (Å²) in [6.07, 6.45) is -2.56. The van der Waals surface area contributed by atoms with Gasteiger partial charge in [0.2, 0.25) is 0 Å². The number of halogens is 5. The van der Waals surface area contributed by atoms with Crippen LogP contribution in [0.4, 0.5) is 29.1 Å². The Balaban J connectivity index is 0.000000671. The third kappa shape index (κ3) is 8.38. The molecule has 0 saturated heterocycles. The Hall–Kier alpha value is -3.92. The molecule has 48 heavy (non-hydrogen) atoms. The molecule has 2 aromatic carbocycles. The summed E-state index contributed by atoms with van der Waals surface area (Å²) >= 11 is -0.422. The van der Waals surface area contributed by atoms with Crippen LogP contribution in [0.2, 0.25) is 0 Å². The summed E-state index contributed by atoms with van der Waals surface area (Å²) in [5.74, 6) is -3.21. The molecule has 1 saturated carbocycles. The minimum Gasteiger partial charge on any atom is -0.759 e. The molecule has 2 aromatic heterocycles. The Bertz CT molecular complexity index is 2080. The number of rotatable bonds is 10. The summed E-state index contributed by atoms with van der Waals surface area (Å²) in [6.45, 7) is 1.95. The number of anilines is 2. The van der Waals surface area contributed by atoms with Crippen LogP contribution in [0, 0.1) is 16.3 Å². The molecule has 0 radical (unpaired) electrons. The highest BCUT2D eigenvalue weighted by molar-refractivity contribution is 14.1. The number of carbonyl (C=O) groups is 1. The Morgan fingerprint density at radius 3 is 2.38 bits per heavy atom. The van der Waals surface area contributed by atoms with Crippen molar-refractivity contribution in [3.05, 3.63) is 94.2 Å². The fraction of sp³-hybridized carbons (Fsp3) is 0.310. The van der Waals surface area contributed by atoms with Crippen molar-refractivity contribution in [2.24, 2.45) is 7.05 Å². The molecule has 1 fully saturated rings. The molecule has 0 amide bonds. The fourth-order valence-corrected chi connectivity index (χ4v) is 5.59. The number of benzene rings is 2. The van der Waals surface area contributed by atoms with E-state index >= 15 is 0 Å². The molecule has 1 aliphatic rings. The first-order valence-electron chi connectivity index (χ1n) is 14.1. The molecule has 4 N–H and O–H groups in total. The molecule has 258 valence electrons. The lowest BCUT2D eigenvalue weighted by molar-refractivity contribution is -0.192. The molecule has 13 nitrogen and oxygen atoms in total. The first kappa shape index (κ1) is 36.9. The zero-order chi connectivity index (χ0) is 35.5. The SMILES string of the molecule is Cc1c(=O)n(C)c(Nc2ccc(I)cc2F)c2c(=O)n(C3CC3)c(=O)n(-c3cccc(CCCNNS(=O)[O-])c3)c12.O=C(O)C(F)(F)F. The van der Waals surface area contributed by atoms with Crippen LogP contribution in [0.25, 0.3) is 16.6 Å². The Kier molecular flexibility index (Phi) is 11.6. The number of hydrogen-bond acceptors (Lipinski definition) is 8. The number of hydrogen-bond donors (Lipinski definition) is 4. The fourth-order valence-electron chi connectivity index (χ4n) is 4.92. The van der Waals surface area contributed by atoms with E-state index < -0.39 is 46.0 Å². The van der Waals surface area contributed by atoms with Gasteiger partial charge in [-0.15, -0.1) is 0 Å². The van der Waals surface area contributed by atoms with E-state index in [0.717, 1.165) is 5.56 Å². The van der Waals surface area contributed by atoms with E-state index in [2.05, 4.69) is 15.6 Å². The number of carboxylic acids is 1. The van der Waals surface area contributed by atoms with Crippen LogP contribution in [0.3, 0.4) is 0 Å². The Morgan fingerprint density at radius 1 is 1.12 bits per heavy atom. The average molecular weight is 808 g/mol. The largest absolute Gasteiger partial charge is 0.759 e. The number of hydrazine groups is 1. The zero-order valence-corrected chi connectivity index (χ0v) is 28.2. The summed E-state index contributed by atoms with van der Waals surface area (Å²) in [5, 5.41) is 10.2. The van der Waals surface area contributed by atoms with Crippen molar-refractivity contribution in [1.82, 2.24) is 24.0 Å². The van der Waals surface area contributed by atoms with Crippen LogP contribution in [-0.4, -0.2) is 46.3 Å². The van der Waals surface area contributed by atoms with Crippen molar-refractivity contribution in [3.63, 3.8) is 0 Å². The van der Waals surface area contributed by atoms with Gasteiger partial charge in [-0.05, 0) is 91.1 Å². The average Bonchev–Trinajstić information content (AvgIpc) is 3.84. The van der Waals surface area contributed by atoms with Crippen molar-refractivity contribution in [2.45, 2.75) is 44.8 Å². The second-order valence-electron chi connectivity index (χ2n) is 10.7. The molecule has 0 bridgehead atoms. The number of nitrogens with one attached hydrogen (secondary N) is 3. The second kappa shape index (κ2) is 15.1. The van der Waals surface area contributed by atoms with Gasteiger partial charge >= 0.3 is 17.8 Å². The molecule has 1 aliphatic carbocycles. The predicted octanol–water partition coefficient (Wildman–Crippen LogP) is 3.44. The number of aliphatic carboxylic acids is 1. The number of fused-ring (bicyclic) bond motifs is 1. The highest BCUT2D eigenvalue weighted by Gasteiger charge is 2.38. The van der Waals surface area contributed by atoms with Crippen LogP contribution in [0.1, 0.15) is 36.4 Å². The Labute approximate surface area is 285 Å². The van der Waals surface area contributed by atoms with Crippen LogP contribution in [-0.2, 0) is 29.5 Å². The number of aromatic nitrogens is 3. The van der Waals surface area contributed by atoms with Crippen LogP contribution >= 0.6 is 22.6 Å². The number of carboxylic acid groups (broad SMARTS) is 1. The normalized spacial score (nSPS) is 13.6. The molecule has 1 atom stereocenters. The molecule has 5 rings (SSSR count). The molecule has 4 aromatic rings. The molecule has 2 heterocycles. The van der Waals surface area contributed by atoms with Crippen LogP contribution in [0.5, 0.6) is 0 Å². The molecular weight excluding hydrogens is 779 g/mol. The lowest BCUT2D eigenvalue weighted by Crippen LogP contribution is -2.41. The van der Waals surface area contributed by atoms with Crippen molar-refractivity contribution in [1.29, 1.82) is 0 Å². The lowest BCUT2D eigenvalue weighted by Gasteiger charge is -2.21. The van der Waals surface area contributed by atoms with Crippen molar-refractivity contribution in [3.8, 4) is 5.69 Å². The van der Waals surface area contributed by atoms with Gasteiger partial charge in [0.15, 0.2) is 0 Å². The summed E-state index contributed by atoms with van der Waals surface area (Å²) in [7, 11) is 1.50. The maximum Gasteiger partial charge on any atom is 0.490 e. The molecule has 1 unspecified atom stereocenters. The highest BCUT2D eigenvalue weighted by Crippen LogP contribution is 2.34. The van der Waals surface area contributed by atoms with Gasteiger partial charge in [-0.1, -0.05) is 12.1 Å². The van der Waals surface area contributed by atoms with Gasteiger partial charge in [0, 0.05) is 40.0 Å². The third-order valence-corrected chi connectivity index (χ3v) is 8.26. The number of pyridine rings is 1. The topological polar surface area (TPSA) is 180 Å². The van der Waals surface area contributed by atoms with Crippen LogP contribution in [0.15, 0.2) is 56.8 Å². The van der Waals surface area contributed by atoms with E-state index in [1.165, 1.54) is 32.9 Å². The first-order valence-corrected chi connectivity index (χ1v) is 16.3. The standard InChI is InChI=1S/C27H28FIN6O5S.C2HF3O2/c1-15-23-22(24(33(2)25(15)36)31-21-11-8-17(29)14-20(21)28)26(37)35(18-9-10-18)27(38)34(23)19-7-3-5-16(13-19)6-4-12-30-32-41(39)40;3-2(4,5)1(6)7/h3,5,7-8,11,13-14,18,30-32H,4,6,9-10,12H2,1-2H3,(H,39,40);(H,6,7)/p-1. The van der Waals surface area contributed by atoms with Gasteiger partial charge in [-0.3, -0.25) is 27.5 Å². The summed E-state index contributed by atoms with van der Waals surface area (Å²) in [6, 6.07) is 11.5. The zero-order valence-electron chi connectivity index (χ0n) is 25.2. The van der Waals surface area contributed by atoms with E-state index in [0.29, 0.717) is 41.5 Å². The van der Waals surface area contributed by atoms with E-state index in [1.54, 1.807) is 25.1 Å². The van der Waals surface area contributed by atoms with Crippen molar-refractivity contribution in [2.75, 3.05) is 11.9 Å². The lowest BCUT2D eigenvalue weighted by atomic mass is 10.1. The smallest absolute Gasteiger partial charge is 0.490 e. The third-order valence-electron chi connectivity index (χ3n) is 7.27. The van der Waals surface area contributed by atoms with Gasteiger partial charge in [0.1, 0.15) is 17.0 Å². The number of nitrogens with zero attached hydrogens (tertiary/aromatic N) is 3. The quantitative estimate of drug-likeness (QED) is 0.0615. The van der Waals surface area contributed by atoms with E-state index in [4.69, 9.17) is 9.90 Å². The summed E-state index contributed by atoms with van der Waals surface area (Å²) in [4.78, 5) is 52.3.